The van der Waals surface area contributed by atoms with Gasteiger partial charge in [-0.25, -0.2) is 0 Å². The maximum absolute atomic E-state index is 5.86. The second-order valence-electron chi connectivity index (χ2n) is 7.12. The van der Waals surface area contributed by atoms with E-state index in [0.29, 0.717) is 59.4 Å². The summed E-state index contributed by atoms with van der Waals surface area (Å²) in [5.74, 6) is 1.89. The highest BCUT2D eigenvalue weighted by Crippen LogP contribution is 2.37. The third-order valence-corrected chi connectivity index (χ3v) is 6.43. The Morgan fingerprint density at radius 1 is 1.03 bits per heavy atom. The lowest BCUT2D eigenvalue weighted by molar-refractivity contribution is 0.169. The van der Waals surface area contributed by atoms with Gasteiger partial charge in [-0.05, 0) is 33.6 Å². The van der Waals surface area contributed by atoms with E-state index in [2.05, 4.69) is 29.4 Å². The average molecular weight is 468 g/mol. The van der Waals surface area contributed by atoms with Gasteiger partial charge in [-0.1, -0.05) is 37.4 Å². The largest absolute Gasteiger partial charge is 0.494 e. The standard InChI is InChI=1S/C22H33N3O4S2/c1-7-22(5,11-12-26-6)20-24-25-21(31-20)23-19(30)18-16(28-9-3)13-15(27-8-2)14-17(18)29-10-4/h13-14H,7-12H2,1-6H3,(H,23,25,30). The Balaban J connectivity index is 2.33. The van der Waals surface area contributed by atoms with Crippen molar-refractivity contribution in [2.45, 2.75) is 52.9 Å². The Morgan fingerprint density at radius 2 is 1.65 bits per heavy atom. The molecule has 172 valence electrons. The van der Waals surface area contributed by atoms with Crippen molar-refractivity contribution in [1.29, 1.82) is 0 Å². The molecule has 0 fully saturated rings. The lowest BCUT2D eigenvalue weighted by Crippen LogP contribution is -2.22. The van der Waals surface area contributed by atoms with Crippen molar-refractivity contribution in [1.82, 2.24) is 10.2 Å². The van der Waals surface area contributed by atoms with Gasteiger partial charge < -0.3 is 24.3 Å². The number of thiocarbonyl (C=S) groups is 1. The molecule has 0 bridgehead atoms. The molecule has 0 saturated heterocycles. The molecule has 1 aromatic carbocycles. The van der Waals surface area contributed by atoms with Crippen LogP contribution in [0.3, 0.4) is 0 Å². The zero-order valence-electron chi connectivity index (χ0n) is 19.2. The molecule has 7 nitrogen and oxygen atoms in total. The van der Waals surface area contributed by atoms with E-state index in [9.17, 15) is 0 Å². The average Bonchev–Trinajstić information content (AvgIpc) is 3.21. The third kappa shape index (κ3) is 6.51. The number of benzene rings is 1. The fourth-order valence-corrected chi connectivity index (χ4v) is 4.37. The molecule has 1 heterocycles. The third-order valence-electron chi connectivity index (χ3n) is 4.98. The molecule has 0 aliphatic carbocycles. The van der Waals surface area contributed by atoms with Gasteiger partial charge >= 0.3 is 0 Å². The van der Waals surface area contributed by atoms with Crippen LogP contribution in [0.5, 0.6) is 17.2 Å². The minimum absolute atomic E-state index is 0.0959. The summed E-state index contributed by atoms with van der Waals surface area (Å²) in [7, 11) is 1.71. The molecule has 0 spiro atoms. The predicted octanol–water partition coefficient (Wildman–Crippen LogP) is 5.23. The second kappa shape index (κ2) is 12.2. The fraction of sp³-hybridized carbons (Fsp3) is 0.591. The van der Waals surface area contributed by atoms with Crippen LogP contribution < -0.4 is 19.5 Å². The van der Waals surface area contributed by atoms with Crippen molar-refractivity contribution in [3.8, 4) is 17.2 Å². The van der Waals surface area contributed by atoms with Gasteiger partial charge in [0.2, 0.25) is 5.13 Å². The number of methoxy groups -OCH3 is 1. The van der Waals surface area contributed by atoms with Crippen LogP contribution >= 0.6 is 23.6 Å². The molecule has 0 radical (unpaired) electrons. The monoisotopic (exact) mass is 467 g/mol. The number of ether oxygens (including phenoxy) is 4. The first-order chi connectivity index (χ1) is 14.9. The van der Waals surface area contributed by atoms with Gasteiger partial charge in [-0.3, -0.25) is 0 Å². The number of hydrogen-bond donors (Lipinski definition) is 1. The van der Waals surface area contributed by atoms with Crippen LogP contribution in [-0.2, 0) is 10.2 Å². The van der Waals surface area contributed by atoms with Crippen LogP contribution in [0.4, 0.5) is 5.13 Å². The Labute approximate surface area is 194 Å². The number of rotatable bonds is 13. The van der Waals surface area contributed by atoms with Crippen LogP contribution in [0.15, 0.2) is 12.1 Å². The number of nitrogens with zero attached hydrogens (tertiary/aromatic N) is 2. The molecule has 0 aliphatic heterocycles. The molecule has 1 unspecified atom stereocenters. The Morgan fingerprint density at radius 3 is 2.16 bits per heavy atom. The maximum atomic E-state index is 5.86. The minimum atomic E-state index is -0.0959. The van der Waals surface area contributed by atoms with Crippen molar-refractivity contribution in [3.63, 3.8) is 0 Å². The lowest BCUT2D eigenvalue weighted by Gasteiger charge is -2.24. The van der Waals surface area contributed by atoms with Crippen molar-refractivity contribution < 1.29 is 18.9 Å². The molecule has 0 amide bonds. The molecular weight excluding hydrogens is 434 g/mol. The second-order valence-corrected chi connectivity index (χ2v) is 8.50. The summed E-state index contributed by atoms with van der Waals surface area (Å²) in [4.78, 5) is 0.466. The van der Waals surface area contributed by atoms with Gasteiger partial charge in [-0.15, -0.1) is 10.2 Å². The maximum Gasteiger partial charge on any atom is 0.210 e. The van der Waals surface area contributed by atoms with E-state index in [1.165, 1.54) is 11.3 Å². The van der Waals surface area contributed by atoms with E-state index in [1.807, 2.05) is 32.9 Å². The zero-order valence-corrected chi connectivity index (χ0v) is 20.9. The number of aromatic nitrogens is 2. The summed E-state index contributed by atoms with van der Waals surface area (Å²) in [6.07, 6.45) is 1.82. The Kier molecular flexibility index (Phi) is 9.93. The summed E-state index contributed by atoms with van der Waals surface area (Å²) in [5, 5.41) is 13.6. The van der Waals surface area contributed by atoms with Crippen LogP contribution in [0.25, 0.3) is 0 Å². The molecule has 0 aliphatic rings. The highest BCUT2D eigenvalue weighted by Gasteiger charge is 2.29. The first-order valence-corrected chi connectivity index (χ1v) is 11.8. The van der Waals surface area contributed by atoms with Gasteiger partial charge in [0.05, 0.1) is 25.4 Å². The van der Waals surface area contributed by atoms with Crippen molar-refractivity contribution in [3.05, 3.63) is 22.7 Å². The molecule has 2 rings (SSSR count). The van der Waals surface area contributed by atoms with Crippen molar-refractivity contribution in [2.24, 2.45) is 0 Å². The number of hydrogen-bond acceptors (Lipinski definition) is 8. The minimum Gasteiger partial charge on any atom is -0.494 e. The summed E-state index contributed by atoms with van der Waals surface area (Å²) in [6.45, 7) is 12.3. The normalized spacial score (nSPS) is 12.8. The van der Waals surface area contributed by atoms with Crippen LogP contribution in [-0.4, -0.2) is 48.7 Å². The van der Waals surface area contributed by atoms with E-state index in [4.69, 9.17) is 31.2 Å². The van der Waals surface area contributed by atoms with Gasteiger partial charge in [0.1, 0.15) is 27.2 Å². The summed E-state index contributed by atoms with van der Waals surface area (Å²) in [6, 6.07) is 3.67. The predicted molar refractivity (Wildman–Crippen MR) is 129 cm³/mol. The molecular formula is C22H33N3O4S2. The van der Waals surface area contributed by atoms with Crippen LogP contribution in [0.2, 0.25) is 0 Å². The lowest BCUT2D eigenvalue weighted by atomic mass is 9.85. The number of nitrogens with one attached hydrogen (secondary N) is 1. The highest BCUT2D eigenvalue weighted by molar-refractivity contribution is 7.81. The first-order valence-electron chi connectivity index (χ1n) is 10.6. The summed E-state index contributed by atoms with van der Waals surface area (Å²) >= 11 is 7.23. The SMILES string of the molecule is CCOc1cc(OCC)c(C(=S)Nc2nnc(C(C)(CC)CCOC)s2)c(OCC)c1. The summed E-state index contributed by atoms with van der Waals surface area (Å²) in [5.41, 5.74) is 0.581. The summed E-state index contributed by atoms with van der Waals surface area (Å²) < 4.78 is 22.6. The highest BCUT2D eigenvalue weighted by atomic mass is 32.1. The molecule has 1 aromatic heterocycles. The van der Waals surface area contributed by atoms with E-state index in [1.54, 1.807) is 7.11 Å². The van der Waals surface area contributed by atoms with E-state index in [0.717, 1.165) is 17.8 Å². The van der Waals surface area contributed by atoms with E-state index < -0.39 is 0 Å². The van der Waals surface area contributed by atoms with Crippen LogP contribution in [0.1, 0.15) is 58.0 Å². The number of anilines is 1. The van der Waals surface area contributed by atoms with E-state index >= 15 is 0 Å². The molecule has 1 atom stereocenters. The molecule has 31 heavy (non-hydrogen) atoms. The van der Waals surface area contributed by atoms with Crippen LogP contribution in [0, 0.1) is 0 Å². The topological polar surface area (TPSA) is 74.7 Å². The van der Waals surface area contributed by atoms with Gasteiger partial charge in [0.25, 0.3) is 0 Å². The molecule has 2 aromatic rings. The van der Waals surface area contributed by atoms with E-state index in [-0.39, 0.29) is 5.41 Å². The van der Waals surface area contributed by atoms with Gasteiger partial charge in [0.15, 0.2) is 0 Å². The zero-order chi connectivity index (χ0) is 22.9. The van der Waals surface area contributed by atoms with Gasteiger partial charge in [-0.2, -0.15) is 0 Å². The smallest absolute Gasteiger partial charge is 0.210 e. The Hall–Kier alpha value is -1.97. The van der Waals surface area contributed by atoms with Crippen molar-refractivity contribution >= 4 is 33.7 Å². The first kappa shape index (κ1) is 25.3. The fourth-order valence-electron chi connectivity index (χ4n) is 3.02. The quantitative estimate of drug-likeness (QED) is 0.402. The molecule has 0 saturated carbocycles. The molecule has 1 N–H and O–H groups in total. The van der Waals surface area contributed by atoms with Gasteiger partial charge in [0, 0.05) is 31.3 Å². The van der Waals surface area contributed by atoms with Crippen molar-refractivity contribution in [2.75, 3.05) is 38.9 Å². The molecule has 9 heteroatoms. The Bertz CT molecular complexity index is 832.